The Morgan fingerprint density at radius 1 is 1.30 bits per heavy atom. The van der Waals surface area contributed by atoms with Gasteiger partial charge in [0.15, 0.2) is 0 Å². The molecular formula is C17H19N5O. The number of hydrogen-bond donors (Lipinski definition) is 2. The van der Waals surface area contributed by atoms with Gasteiger partial charge in [0.2, 0.25) is 0 Å². The fourth-order valence-electron chi connectivity index (χ4n) is 2.26. The first-order valence-electron chi connectivity index (χ1n) is 7.57. The Bertz CT molecular complexity index is 801. The Hall–Kier alpha value is -2.89. The van der Waals surface area contributed by atoms with E-state index in [4.69, 9.17) is 0 Å². The molecule has 2 N–H and O–H groups in total. The molecule has 0 saturated carbocycles. The first-order chi connectivity index (χ1) is 11.2. The third kappa shape index (κ3) is 3.48. The van der Waals surface area contributed by atoms with Gasteiger partial charge in [-0.15, -0.1) is 0 Å². The number of aryl methyl sites for hydroxylation is 2. The molecule has 0 unspecified atom stereocenters. The number of amides is 1. The number of benzene rings is 1. The minimum Gasteiger partial charge on any atom is -0.347 e. The second-order valence-corrected chi connectivity index (χ2v) is 5.42. The van der Waals surface area contributed by atoms with Crippen molar-refractivity contribution in [3.05, 3.63) is 59.5 Å². The van der Waals surface area contributed by atoms with E-state index >= 15 is 0 Å². The third-order valence-corrected chi connectivity index (χ3v) is 3.63. The quantitative estimate of drug-likeness (QED) is 0.760. The number of rotatable bonds is 5. The van der Waals surface area contributed by atoms with Gasteiger partial charge in [0, 0.05) is 30.4 Å². The smallest absolute Gasteiger partial charge is 0.269 e. The molecule has 0 bridgehead atoms. The largest absolute Gasteiger partial charge is 0.347 e. The topological polar surface area (TPSA) is 75.6 Å². The van der Waals surface area contributed by atoms with Crippen LogP contribution in [0.3, 0.4) is 0 Å². The Balaban J connectivity index is 1.65. The normalized spacial score (nSPS) is 10.7. The van der Waals surface area contributed by atoms with Crippen LogP contribution in [0.5, 0.6) is 0 Å². The van der Waals surface area contributed by atoms with Crippen molar-refractivity contribution in [2.24, 2.45) is 0 Å². The van der Waals surface area contributed by atoms with Crippen molar-refractivity contribution < 1.29 is 4.79 Å². The van der Waals surface area contributed by atoms with Crippen molar-refractivity contribution in [1.29, 1.82) is 0 Å². The number of nitrogens with zero attached hydrogens (tertiary/aromatic N) is 3. The van der Waals surface area contributed by atoms with Crippen LogP contribution in [0.25, 0.3) is 11.3 Å². The van der Waals surface area contributed by atoms with Crippen LogP contribution in [0.15, 0.2) is 42.7 Å². The molecule has 118 valence electrons. The molecule has 0 radical (unpaired) electrons. The number of aromatic nitrogens is 4. The zero-order valence-electron chi connectivity index (χ0n) is 13.2. The average Bonchev–Trinajstić information content (AvgIpc) is 3.22. The second-order valence-electron chi connectivity index (χ2n) is 5.42. The van der Waals surface area contributed by atoms with Crippen molar-refractivity contribution in [2.75, 3.05) is 0 Å². The van der Waals surface area contributed by atoms with Gasteiger partial charge in [0.25, 0.3) is 5.91 Å². The van der Waals surface area contributed by atoms with Gasteiger partial charge >= 0.3 is 0 Å². The molecule has 2 aromatic heterocycles. The van der Waals surface area contributed by atoms with Crippen LogP contribution in [0.2, 0.25) is 0 Å². The molecule has 0 aliphatic rings. The molecular weight excluding hydrogens is 290 g/mol. The lowest BCUT2D eigenvalue weighted by Crippen LogP contribution is -2.22. The zero-order chi connectivity index (χ0) is 16.2. The summed E-state index contributed by atoms with van der Waals surface area (Å²) in [4.78, 5) is 12.2. The first-order valence-corrected chi connectivity index (χ1v) is 7.57. The molecule has 6 nitrogen and oxygen atoms in total. The molecule has 0 aliphatic heterocycles. The molecule has 0 fully saturated rings. The number of H-pyrrole nitrogens is 1. The molecule has 6 heteroatoms. The van der Waals surface area contributed by atoms with Crippen molar-refractivity contribution in [1.82, 2.24) is 25.3 Å². The summed E-state index contributed by atoms with van der Waals surface area (Å²) in [6, 6.07) is 9.79. The fourth-order valence-corrected chi connectivity index (χ4v) is 2.26. The number of carbonyl (C=O) groups is 1. The molecule has 0 spiro atoms. The molecule has 3 aromatic rings. The highest BCUT2D eigenvalue weighted by molar-refractivity contribution is 5.93. The van der Waals surface area contributed by atoms with Gasteiger partial charge in [-0.1, -0.05) is 29.8 Å². The summed E-state index contributed by atoms with van der Waals surface area (Å²) in [5, 5.41) is 14.0. The second kappa shape index (κ2) is 6.48. The van der Waals surface area contributed by atoms with E-state index in [2.05, 4.69) is 20.6 Å². The van der Waals surface area contributed by atoms with Crippen LogP contribution in [0.4, 0.5) is 0 Å². The zero-order valence-corrected chi connectivity index (χ0v) is 13.2. The molecule has 0 saturated heterocycles. The molecule has 1 amide bonds. The minimum atomic E-state index is -0.180. The van der Waals surface area contributed by atoms with E-state index in [1.54, 1.807) is 12.3 Å². The van der Waals surface area contributed by atoms with Crippen molar-refractivity contribution in [2.45, 2.75) is 26.9 Å². The van der Waals surface area contributed by atoms with E-state index < -0.39 is 0 Å². The fraction of sp³-hybridized carbons (Fsp3) is 0.235. The molecule has 3 rings (SSSR count). The summed E-state index contributed by atoms with van der Waals surface area (Å²) in [7, 11) is 0. The van der Waals surface area contributed by atoms with Gasteiger partial charge in [-0.3, -0.25) is 14.6 Å². The van der Waals surface area contributed by atoms with E-state index in [0.717, 1.165) is 23.4 Å². The molecule has 0 atom stereocenters. The summed E-state index contributed by atoms with van der Waals surface area (Å²) >= 11 is 0. The Labute approximate surface area is 134 Å². The monoisotopic (exact) mass is 309 g/mol. The van der Waals surface area contributed by atoms with Crippen LogP contribution in [-0.4, -0.2) is 25.9 Å². The lowest BCUT2D eigenvalue weighted by Gasteiger charge is -2.00. The van der Waals surface area contributed by atoms with Gasteiger partial charge in [0.1, 0.15) is 5.69 Å². The van der Waals surface area contributed by atoms with Crippen LogP contribution in [0.1, 0.15) is 28.5 Å². The van der Waals surface area contributed by atoms with Gasteiger partial charge in [-0.05, 0) is 19.9 Å². The maximum absolute atomic E-state index is 12.2. The third-order valence-electron chi connectivity index (χ3n) is 3.63. The van der Waals surface area contributed by atoms with Crippen molar-refractivity contribution >= 4 is 5.91 Å². The predicted molar refractivity (Wildman–Crippen MR) is 87.8 cm³/mol. The average molecular weight is 309 g/mol. The summed E-state index contributed by atoms with van der Waals surface area (Å²) in [5.41, 5.74) is 4.35. The molecule has 2 heterocycles. The van der Waals surface area contributed by atoms with E-state index in [1.165, 1.54) is 5.56 Å². The van der Waals surface area contributed by atoms with Gasteiger partial charge in [-0.2, -0.15) is 10.2 Å². The summed E-state index contributed by atoms with van der Waals surface area (Å²) in [5.74, 6) is -0.180. The lowest BCUT2D eigenvalue weighted by atomic mass is 10.1. The van der Waals surface area contributed by atoms with Crippen molar-refractivity contribution in [3.63, 3.8) is 0 Å². The standard InChI is InChI=1S/C17H19N5O/c1-3-22-11-13(10-19-22)9-18-17(23)16-8-15(20-21-16)14-6-4-12(2)5-7-14/h4-8,10-11H,3,9H2,1-2H3,(H,18,23)(H,20,21). The highest BCUT2D eigenvalue weighted by atomic mass is 16.1. The number of carbonyl (C=O) groups excluding carboxylic acids is 1. The number of aromatic amines is 1. The highest BCUT2D eigenvalue weighted by Gasteiger charge is 2.11. The van der Waals surface area contributed by atoms with E-state index in [-0.39, 0.29) is 5.91 Å². The van der Waals surface area contributed by atoms with Gasteiger partial charge < -0.3 is 5.32 Å². The van der Waals surface area contributed by atoms with Crippen LogP contribution >= 0.6 is 0 Å². The number of hydrogen-bond acceptors (Lipinski definition) is 3. The first kappa shape index (κ1) is 15.0. The lowest BCUT2D eigenvalue weighted by molar-refractivity contribution is 0.0946. The summed E-state index contributed by atoms with van der Waals surface area (Å²) < 4.78 is 1.83. The minimum absolute atomic E-state index is 0.180. The van der Waals surface area contributed by atoms with Crippen LogP contribution < -0.4 is 5.32 Å². The van der Waals surface area contributed by atoms with Gasteiger partial charge in [-0.25, -0.2) is 0 Å². The Morgan fingerprint density at radius 3 is 2.78 bits per heavy atom. The molecule has 1 aromatic carbocycles. The van der Waals surface area contributed by atoms with E-state index in [0.29, 0.717) is 12.2 Å². The van der Waals surface area contributed by atoms with Gasteiger partial charge in [0.05, 0.1) is 11.9 Å². The number of nitrogens with one attached hydrogen (secondary N) is 2. The van der Waals surface area contributed by atoms with E-state index in [9.17, 15) is 4.79 Å². The Kier molecular flexibility index (Phi) is 4.23. The Morgan fingerprint density at radius 2 is 2.09 bits per heavy atom. The highest BCUT2D eigenvalue weighted by Crippen LogP contribution is 2.18. The maximum Gasteiger partial charge on any atom is 0.269 e. The summed E-state index contributed by atoms with van der Waals surface area (Å²) in [6.07, 6.45) is 3.68. The van der Waals surface area contributed by atoms with Crippen LogP contribution in [0, 0.1) is 6.92 Å². The summed E-state index contributed by atoms with van der Waals surface area (Å²) in [6.45, 7) is 5.31. The SMILES string of the molecule is CCn1cc(CNC(=O)c2cc(-c3ccc(C)cc3)n[nH]2)cn1. The van der Waals surface area contributed by atoms with Crippen LogP contribution in [-0.2, 0) is 13.1 Å². The predicted octanol–water partition coefficient (Wildman–Crippen LogP) is 2.53. The maximum atomic E-state index is 12.2. The van der Waals surface area contributed by atoms with E-state index in [1.807, 2.05) is 49.0 Å². The molecule has 23 heavy (non-hydrogen) atoms. The van der Waals surface area contributed by atoms with Crippen molar-refractivity contribution in [3.8, 4) is 11.3 Å². The molecule has 0 aliphatic carbocycles.